The molecule has 2 aromatic carbocycles. The first-order valence-electron chi connectivity index (χ1n) is 6.82. The summed E-state index contributed by atoms with van der Waals surface area (Å²) in [6.45, 7) is 4.24. The Labute approximate surface area is 119 Å². The molecule has 20 heavy (non-hydrogen) atoms. The van der Waals surface area contributed by atoms with Crippen molar-refractivity contribution >= 4 is 0 Å². The van der Waals surface area contributed by atoms with Crippen LogP contribution in [0, 0.1) is 0 Å². The molecule has 0 spiro atoms. The molecule has 106 valence electrons. The Morgan fingerprint density at radius 1 is 0.850 bits per heavy atom. The van der Waals surface area contributed by atoms with E-state index >= 15 is 0 Å². The van der Waals surface area contributed by atoms with Gasteiger partial charge >= 0.3 is 0 Å². The van der Waals surface area contributed by atoms with Gasteiger partial charge in [0, 0.05) is 0 Å². The van der Waals surface area contributed by atoms with Crippen LogP contribution in [0.3, 0.4) is 0 Å². The molecule has 0 radical (unpaired) electrons. The third kappa shape index (κ3) is 2.72. The second-order valence-electron chi connectivity index (χ2n) is 4.79. The molecule has 3 nitrogen and oxygen atoms in total. The highest BCUT2D eigenvalue weighted by molar-refractivity contribution is 5.71. The van der Waals surface area contributed by atoms with Crippen LogP contribution >= 0.6 is 0 Å². The predicted octanol–water partition coefficient (Wildman–Crippen LogP) is 3.90. The number of phenols is 2. The topological polar surface area (TPSA) is 49.7 Å². The number of rotatable bonds is 4. The number of aryl methyl sites for hydroxylation is 2. The summed E-state index contributed by atoms with van der Waals surface area (Å²) in [5.41, 5.74) is 4.37. The molecule has 0 aliphatic carbocycles. The molecule has 0 fully saturated rings. The van der Waals surface area contributed by atoms with Gasteiger partial charge in [0.15, 0.2) is 11.5 Å². The molecule has 0 unspecified atom stereocenters. The molecule has 0 heterocycles. The zero-order valence-corrected chi connectivity index (χ0v) is 12.1. The standard InChI is InChI=1S/C17H20O3/c1-4-11-6-12(5-2)8-13(7-11)14-9-15(18)17(19)16(10-14)20-3/h6-10,18-19H,4-5H2,1-3H3. The number of phenolic OH excluding ortho intramolecular Hbond substituents is 2. The van der Waals surface area contributed by atoms with E-state index in [1.165, 1.54) is 18.2 Å². The minimum absolute atomic E-state index is 0.167. The fourth-order valence-electron chi connectivity index (χ4n) is 2.25. The van der Waals surface area contributed by atoms with Crippen molar-refractivity contribution in [2.75, 3.05) is 7.11 Å². The predicted molar refractivity (Wildman–Crippen MR) is 80.5 cm³/mol. The Morgan fingerprint density at radius 2 is 1.40 bits per heavy atom. The average Bonchev–Trinajstić information content (AvgIpc) is 2.49. The molecule has 0 saturated carbocycles. The van der Waals surface area contributed by atoms with Gasteiger partial charge in [-0.05, 0) is 47.2 Å². The summed E-state index contributed by atoms with van der Waals surface area (Å²) in [7, 11) is 1.47. The summed E-state index contributed by atoms with van der Waals surface area (Å²) in [5, 5.41) is 19.5. The lowest BCUT2D eigenvalue weighted by Gasteiger charge is -2.11. The van der Waals surface area contributed by atoms with Crippen molar-refractivity contribution in [1.29, 1.82) is 0 Å². The highest BCUT2D eigenvalue weighted by Gasteiger charge is 2.11. The number of ether oxygens (including phenoxy) is 1. The van der Waals surface area contributed by atoms with Crippen molar-refractivity contribution in [3.8, 4) is 28.4 Å². The van der Waals surface area contributed by atoms with Crippen molar-refractivity contribution < 1.29 is 14.9 Å². The van der Waals surface area contributed by atoms with Crippen molar-refractivity contribution in [1.82, 2.24) is 0 Å². The fraction of sp³-hybridized carbons (Fsp3) is 0.294. The Bertz CT molecular complexity index is 596. The van der Waals surface area contributed by atoms with E-state index in [0.29, 0.717) is 0 Å². The number of hydrogen-bond donors (Lipinski definition) is 2. The molecular formula is C17H20O3. The van der Waals surface area contributed by atoms with Crippen LogP contribution < -0.4 is 4.74 Å². The quantitative estimate of drug-likeness (QED) is 0.830. The van der Waals surface area contributed by atoms with Gasteiger partial charge in [-0.15, -0.1) is 0 Å². The first kappa shape index (κ1) is 14.3. The van der Waals surface area contributed by atoms with Gasteiger partial charge in [0.25, 0.3) is 0 Å². The molecule has 3 heteroatoms. The molecule has 0 aromatic heterocycles. The number of aromatic hydroxyl groups is 2. The van der Waals surface area contributed by atoms with E-state index in [0.717, 1.165) is 24.0 Å². The SMILES string of the molecule is CCc1cc(CC)cc(-c2cc(O)c(O)c(OC)c2)c1. The van der Waals surface area contributed by atoms with E-state index in [2.05, 4.69) is 32.0 Å². The fourth-order valence-corrected chi connectivity index (χ4v) is 2.25. The second kappa shape index (κ2) is 5.87. The Morgan fingerprint density at radius 3 is 1.90 bits per heavy atom. The molecule has 0 aliphatic heterocycles. The van der Waals surface area contributed by atoms with Crippen LogP contribution in [0.2, 0.25) is 0 Å². The van der Waals surface area contributed by atoms with Gasteiger partial charge in [0.2, 0.25) is 5.75 Å². The van der Waals surface area contributed by atoms with Crippen molar-refractivity contribution in [2.24, 2.45) is 0 Å². The largest absolute Gasteiger partial charge is 0.504 e. The van der Waals surface area contributed by atoms with E-state index in [4.69, 9.17) is 4.74 Å². The summed E-state index contributed by atoms with van der Waals surface area (Å²) in [5.74, 6) is -0.113. The molecule has 0 atom stereocenters. The summed E-state index contributed by atoms with van der Waals surface area (Å²) >= 11 is 0. The van der Waals surface area contributed by atoms with Crippen LogP contribution in [0.5, 0.6) is 17.2 Å². The Hall–Kier alpha value is -2.16. The maximum atomic E-state index is 9.80. The zero-order chi connectivity index (χ0) is 14.7. The average molecular weight is 272 g/mol. The van der Waals surface area contributed by atoms with E-state index < -0.39 is 0 Å². The number of hydrogen-bond acceptors (Lipinski definition) is 3. The lowest BCUT2D eigenvalue weighted by atomic mass is 9.97. The van der Waals surface area contributed by atoms with Crippen LogP contribution in [0.4, 0.5) is 0 Å². The molecule has 0 bridgehead atoms. The summed E-state index contributed by atoms with van der Waals surface area (Å²) in [6.07, 6.45) is 1.92. The van der Waals surface area contributed by atoms with Crippen LogP contribution in [0.25, 0.3) is 11.1 Å². The Kier molecular flexibility index (Phi) is 4.18. The summed E-state index contributed by atoms with van der Waals surface area (Å²) in [4.78, 5) is 0. The number of methoxy groups -OCH3 is 1. The lowest BCUT2D eigenvalue weighted by Crippen LogP contribution is -1.90. The molecular weight excluding hydrogens is 252 g/mol. The third-order valence-electron chi connectivity index (χ3n) is 3.48. The van der Waals surface area contributed by atoms with Crippen LogP contribution in [0.1, 0.15) is 25.0 Å². The Balaban J connectivity index is 2.58. The third-order valence-corrected chi connectivity index (χ3v) is 3.48. The maximum absolute atomic E-state index is 9.80. The van der Waals surface area contributed by atoms with Gasteiger partial charge in [0.1, 0.15) is 0 Å². The summed E-state index contributed by atoms with van der Waals surface area (Å²) in [6, 6.07) is 9.70. The van der Waals surface area contributed by atoms with Crippen molar-refractivity contribution in [3.63, 3.8) is 0 Å². The lowest BCUT2D eigenvalue weighted by molar-refractivity contribution is 0.351. The van der Waals surface area contributed by atoms with Crippen LogP contribution in [0.15, 0.2) is 30.3 Å². The highest BCUT2D eigenvalue weighted by atomic mass is 16.5. The molecule has 0 saturated heterocycles. The molecule has 0 aliphatic rings. The van der Waals surface area contributed by atoms with Gasteiger partial charge in [-0.1, -0.05) is 32.0 Å². The van der Waals surface area contributed by atoms with Crippen LogP contribution in [-0.4, -0.2) is 17.3 Å². The normalized spacial score (nSPS) is 10.6. The first-order valence-corrected chi connectivity index (χ1v) is 6.82. The van der Waals surface area contributed by atoms with Gasteiger partial charge < -0.3 is 14.9 Å². The van der Waals surface area contributed by atoms with Crippen molar-refractivity contribution in [2.45, 2.75) is 26.7 Å². The first-order chi connectivity index (χ1) is 9.58. The molecule has 2 rings (SSSR count). The van der Waals surface area contributed by atoms with Gasteiger partial charge in [-0.3, -0.25) is 0 Å². The minimum Gasteiger partial charge on any atom is -0.504 e. The van der Waals surface area contributed by atoms with Gasteiger partial charge in [-0.25, -0.2) is 0 Å². The van der Waals surface area contributed by atoms with Gasteiger partial charge in [0.05, 0.1) is 7.11 Å². The van der Waals surface area contributed by atoms with E-state index in [1.807, 2.05) is 0 Å². The summed E-state index contributed by atoms with van der Waals surface area (Å²) < 4.78 is 5.09. The van der Waals surface area contributed by atoms with Crippen molar-refractivity contribution in [3.05, 3.63) is 41.5 Å². The monoisotopic (exact) mass is 272 g/mol. The number of benzene rings is 2. The second-order valence-corrected chi connectivity index (χ2v) is 4.79. The maximum Gasteiger partial charge on any atom is 0.200 e. The zero-order valence-electron chi connectivity index (χ0n) is 12.1. The minimum atomic E-state index is -0.224. The van der Waals surface area contributed by atoms with E-state index in [-0.39, 0.29) is 17.2 Å². The molecule has 0 amide bonds. The molecule has 2 aromatic rings. The van der Waals surface area contributed by atoms with Crippen LogP contribution in [-0.2, 0) is 12.8 Å². The highest BCUT2D eigenvalue weighted by Crippen LogP contribution is 2.39. The van der Waals surface area contributed by atoms with E-state index in [1.54, 1.807) is 12.1 Å². The molecule has 2 N–H and O–H groups in total. The smallest absolute Gasteiger partial charge is 0.200 e. The van der Waals surface area contributed by atoms with Gasteiger partial charge in [-0.2, -0.15) is 0 Å². The van der Waals surface area contributed by atoms with E-state index in [9.17, 15) is 10.2 Å².